The summed E-state index contributed by atoms with van der Waals surface area (Å²) in [4.78, 5) is 15.9. The summed E-state index contributed by atoms with van der Waals surface area (Å²) in [6, 6.07) is 14.0. The Morgan fingerprint density at radius 2 is 1.57 bits per heavy atom. The molecule has 23 heavy (non-hydrogen) atoms. The zero-order chi connectivity index (χ0) is 16.6. The van der Waals surface area contributed by atoms with Crippen molar-refractivity contribution in [3.63, 3.8) is 0 Å². The maximum Gasteiger partial charge on any atom is 0.347 e. The number of hydrogen-bond acceptors (Lipinski definition) is 3. The number of carboxylic acids is 1. The molecule has 1 aliphatic rings. The van der Waals surface area contributed by atoms with E-state index in [0.717, 1.165) is 22.5 Å². The largest absolute Gasteiger partial charge is 0.478 e. The lowest BCUT2D eigenvalue weighted by Crippen LogP contribution is -2.46. The van der Waals surface area contributed by atoms with E-state index < -0.39 is 12.1 Å². The number of benzene rings is 2. The number of aryl methyl sites for hydroxylation is 3. The van der Waals surface area contributed by atoms with Crippen LogP contribution in [0.2, 0.25) is 0 Å². The highest BCUT2D eigenvalue weighted by Crippen LogP contribution is 2.33. The van der Waals surface area contributed by atoms with E-state index in [1.807, 2.05) is 40.1 Å². The molecule has 0 saturated carbocycles. The lowest BCUT2D eigenvalue weighted by Gasteiger charge is -2.31. The van der Waals surface area contributed by atoms with Crippen LogP contribution in [0, 0.1) is 20.8 Å². The number of nitrogens with zero attached hydrogens (tertiary/aromatic N) is 2. The van der Waals surface area contributed by atoms with Crippen molar-refractivity contribution in [2.75, 3.05) is 22.9 Å². The Hall–Kier alpha value is -2.49. The van der Waals surface area contributed by atoms with Crippen molar-refractivity contribution in [2.45, 2.75) is 26.9 Å². The first-order valence-electron chi connectivity index (χ1n) is 7.88. The highest BCUT2D eigenvalue weighted by Gasteiger charge is 2.38. The van der Waals surface area contributed by atoms with E-state index in [0.29, 0.717) is 13.1 Å². The van der Waals surface area contributed by atoms with Crippen LogP contribution in [0.1, 0.15) is 16.7 Å². The van der Waals surface area contributed by atoms with Gasteiger partial charge in [-0.1, -0.05) is 35.9 Å². The topological polar surface area (TPSA) is 43.8 Å². The smallest absolute Gasteiger partial charge is 0.347 e. The monoisotopic (exact) mass is 310 g/mol. The van der Waals surface area contributed by atoms with Crippen LogP contribution >= 0.6 is 0 Å². The van der Waals surface area contributed by atoms with Gasteiger partial charge < -0.3 is 14.9 Å². The summed E-state index contributed by atoms with van der Waals surface area (Å²) in [7, 11) is 0. The van der Waals surface area contributed by atoms with Crippen LogP contribution in [0.4, 0.5) is 11.4 Å². The highest BCUT2D eigenvalue weighted by atomic mass is 16.4. The van der Waals surface area contributed by atoms with Crippen molar-refractivity contribution in [1.29, 1.82) is 0 Å². The molecular formula is C19H22N2O2. The molecule has 4 nitrogen and oxygen atoms in total. The first kappa shape index (κ1) is 15.4. The summed E-state index contributed by atoms with van der Waals surface area (Å²) >= 11 is 0. The maximum atomic E-state index is 12.0. The molecule has 1 atom stereocenters. The van der Waals surface area contributed by atoms with Crippen LogP contribution in [-0.2, 0) is 4.79 Å². The number of anilines is 2. The van der Waals surface area contributed by atoms with Gasteiger partial charge in [-0.25, -0.2) is 4.79 Å². The van der Waals surface area contributed by atoms with E-state index in [1.54, 1.807) is 0 Å². The standard InChI is InChI=1S/C19H22N2O2/c1-13-11-14(2)17(15(3)12-13)21-10-9-20(18(21)19(22)23)16-7-5-4-6-8-16/h4-8,11-12,18H,9-10H2,1-3H3,(H,22,23). The second kappa shape index (κ2) is 5.95. The van der Waals surface area contributed by atoms with Gasteiger partial charge >= 0.3 is 5.97 Å². The second-order valence-electron chi connectivity index (χ2n) is 6.18. The predicted molar refractivity (Wildman–Crippen MR) is 93.2 cm³/mol. The maximum absolute atomic E-state index is 12.0. The van der Waals surface area contributed by atoms with Gasteiger partial charge in [0, 0.05) is 24.5 Å². The van der Waals surface area contributed by atoms with E-state index in [-0.39, 0.29) is 0 Å². The van der Waals surface area contributed by atoms with Gasteiger partial charge in [0.15, 0.2) is 0 Å². The molecule has 0 spiro atoms. The Morgan fingerprint density at radius 3 is 2.13 bits per heavy atom. The molecule has 0 aromatic heterocycles. The predicted octanol–water partition coefficient (Wildman–Crippen LogP) is 3.35. The minimum atomic E-state index is -0.814. The normalized spacial score (nSPS) is 17.6. The first-order valence-corrected chi connectivity index (χ1v) is 7.88. The molecule has 0 amide bonds. The molecule has 0 aliphatic carbocycles. The molecule has 1 N–H and O–H groups in total. The zero-order valence-corrected chi connectivity index (χ0v) is 13.8. The lowest BCUT2D eigenvalue weighted by atomic mass is 10.0. The number of hydrogen-bond donors (Lipinski definition) is 1. The number of para-hydroxylation sites is 1. The van der Waals surface area contributed by atoms with Crippen LogP contribution in [0.3, 0.4) is 0 Å². The molecule has 120 valence electrons. The molecular weight excluding hydrogens is 288 g/mol. The summed E-state index contributed by atoms with van der Waals surface area (Å²) in [5.41, 5.74) is 5.45. The Kier molecular flexibility index (Phi) is 3.99. The molecule has 1 heterocycles. The minimum Gasteiger partial charge on any atom is -0.478 e. The summed E-state index contributed by atoms with van der Waals surface area (Å²) < 4.78 is 0. The molecule has 1 saturated heterocycles. The van der Waals surface area contributed by atoms with Gasteiger partial charge in [-0.3, -0.25) is 0 Å². The van der Waals surface area contributed by atoms with Crippen LogP contribution in [0.5, 0.6) is 0 Å². The van der Waals surface area contributed by atoms with Crippen molar-refractivity contribution >= 4 is 17.3 Å². The van der Waals surface area contributed by atoms with Gasteiger partial charge in [0.2, 0.25) is 6.17 Å². The van der Waals surface area contributed by atoms with Crippen LogP contribution in [0.25, 0.3) is 0 Å². The van der Waals surface area contributed by atoms with E-state index in [2.05, 4.69) is 32.9 Å². The quantitative estimate of drug-likeness (QED) is 0.944. The fourth-order valence-electron chi connectivity index (χ4n) is 3.64. The van der Waals surface area contributed by atoms with Crippen LogP contribution in [-0.4, -0.2) is 30.3 Å². The number of aliphatic carboxylic acids is 1. The molecule has 1 fully saturated rings. The van der Waals surface area contributed by atoms with Crippen molar-refractivity contribution in [1.82, 2.24) is 0 Å². The zero-order valence-electron chi connectivity index (χ0n) is 13.8. The lowest BCUT2D eigenvalue weighted by molar-refractivity contribution is -0.138. The molecule has 3 rings (SSSR count). The SMILES string of the molecule is Cc1cc(C)c(N2CCN(c3ccccc3)C2C(=O)O)c(C)c1. The average molecular weight is 310 g/mol. The van der Waals surface area contributed by atoms with E-state index in [4.69, 9.17) is 0 Å². The van der Waals surface area contributed by atoms with Gasteiger partial charge in [0.25, 0.3) is 0 Å². The number of carbonyl (C=O) groups is 1. The number of carboxylic acid groups (broad SMARTS) is 1. The van der Waals surface area contributed by atoms with E-state index in [1.165, 1.54) is 5.56 Å². The van der Waals surface area contributed by atoms with Gasteiger partial charge in [-0.05, 0) is 44.0 Å². The van der Waals surface area contributed by atoms with Crippen molar-refractivity contribution in [3.8, 4) is 0 Å². The Morgan fingerprint density at radius 1 is 1.00 bits per heavy atom. The summed E-state index contributed by atoms with van der Waals surface area (Å²) in [6.07, 6.45) is -0.669. The molecule has 2 aromatic rings. The molecule has 1 aliphatic heterocycles. The van der Waals surface area contributed by atoms with Crippen LogP contribution in [0.15, 0.2) is 42.5 Å². The molecule has 4 heteroatoms. The fourth-order valence-corrected chi connectivity index (χ4v) is 3.64. The third-order valence-corrected chi connectivity index (χ3v) is 4.40. The van der Waals surface area contributed by atoms with Gasteiger partial charge in [0.1, 0.15) is 0 Å². The minimum absolute atomic E-state index is 0.669. The molecule has 2 aromatic carbocycles. The highest BCUT2D eigenvalue weighted by molar-refractivity contribution is 5.84. The Labute approximate surface area is 137 Å². The van der Waals surface area contributed by atoms with Gasteiger partial charge in [0.05, 0.1) is 0 Å². The Bertz CT molecular complexity index is 704. The fraction of sp³-hybridized carbons (Fsp3) is 0.316. The van der Waals surface area contributed by atoms with E-state index >= 15 is 0 Å². The molecule has 1 unspecified atom stereocenters. The molecule has 0 bridgehead atoms. The summed E-state index contributed by atoms with van der Waals surface area (Å²) in [6.45, 7) is 7.59. The first-order chi connectivity index (χ1) is 11.0. The van der Waals surface area contributed by atoms with Crippen molar-refractivity contribution in [3.05, 3.63) is 59.2 Å². The summed E-state index contributed by atoms with van der Waals surface area (Å²) in [5, 5.41) is 9.83. The number of rotatable bonds is 3. The second-order valence-corrected chi connectivity index (χ2v) is 6.18. The van der Waals surface area contributed by atoms with Gasteiger partial charge in [-0.15, -0.1) is 0 Å². The Balaban J connectivity index is 2.03. The summed E-state index contributed by atoms with van der Waals surface area (Å²) in [5.74, 6) is -0.814. The average Bonchev–Trinajstić information content (AvgIpc) is 2.92. The van der Waals surface area contributed by atoms with Crippen molar-refractivity contribution in [2.24, 2.45) is 0 Å². The third kappa shape index (κ3) is 2.77. The van der Waals surface area contributed by atoms with Gasteiger partial charge in [-0.2, -0.15) is 0 Å². The van der Waals surface area contributed by atoms with E-state index in [9.17, 15) is 9.90 Å². The third-order valence-electron chi connectivity index (χ3n) is 4.40. The van der Waals surface area contributed by atoms with Crippen molar-refractivity contribution < 1.29 is 9.90 Å². The van der Waals surface area contributed by atoms with Crippen LogP contribution < -0.4 is 9.80 Å². The molecule has 0 radical (unpaired) electrons.